The van der Waals surface area contributed by atoms with Crippen molar-refractivity contribution in [2.75, 3.05) is 0 Å². The third-order valence-corrected chi connectivity index (χ3v) is 10.3. The van der Waals surface area contributed by atoms with Gasteiger partial charge in [-0.15, -0.1) is 0 Å². The van der Waals surface area contributed by atoms with E-state index in [1.807, 2.05) is 0 Å². The Bertz CT molecular complexity index is 1290. The van der Waals surface area contributed by atoms with E-state index in [0.29, 0.717) is 47.2 Å². The van der Waals surface area contributed by atoms with Crippen LogP contribution in [0.3, 0.4) is 0 Å². The minimum Gasteiger partial charge on any atom is -0.421 e. The van der Waals surface area contributed by atoms with Gasteiger partial charge in [0.15, 0.2) is 0 Å². The van der Waals surface area contributed by atoms with E-state index in [1.54, 1.807) is 12.1 Å². The van der Waals surface area contributed by atoms with Crippen molar-refractivity contribution in [3.8, 4) is 17.4 Å². The quantitative estimate of drug-likeness (QED) is 0.529. The summed E-state index contributed by atoms with van der Waals surface area (Å²) >= 11 is 0. The van der Waals surface area contributed by atoms with Gasteiger partial charge in [-0.25, -0.2) is 9.18 Å². The van der Waals surface area contributed by atoms with Gasteiger partial charge in [0.1, 0.15) is 29.0 Å². The van der Waals surface area contributed by atoms with Crippen molar-refractivity contribution in [2.24, 2.45) is 29.1 Å². The summed E-state index contributed by atoms with van der Waals surface area (Å²) in [7, 11) is 0. The highest BCUT2D eigenvalue weighted by atomic mass is 19.1. The molecule has 4 nitrogen and oxygen atoms in total. The monoisotopic (exact) mass is 459 g/mol. The molecule has 3 fully saturated rings. The fourth-order valence-corrected chi connectivity index (χ4v) is 8.61. The number of fused-ring (bicyclic) bond motifs is 7. The van der Waals surface area contributed by atoms with E-state index >= 15 is 0 Å². The van der Waals surface area contributed by atoms with E-state index in [1.165, 1.54) is 12.1 Å². The number of halogens is 1. The third-order valence-electron chi connectivity index (χ3n) is 10.3. The molecule has 0 radical (unpaired) electrons. The molecule has 2 aromatic rings. The second kappa shape index (κ2) is 7.38. The molecule has 0 N–H and O–H groups in total. The van der Waals surface area contributed by atoms with Crippen LogP contribution in [0.15, 0.2) is 33.5 Å². The second-order valence-corrected chi connectivity index (χ2v) is 11.6. The van der Waals surface area contributed by atoms with Gasteiger partial charge >= 0.3 is 5.63 Å². The summed E-state index contributed by atoms with van der Waals surface area (Å²) in [6.07, 6.45) is 7.37. The maximum absolute atomic E-state index is 13.6. The van der Waals surface area contributed by atoms with E-state index in [4.69, 9.17) is 4.42 Å². The topological polar surface area (TPSA) is 71.1 Å². The molecule has 6 rings (SSSR count). The van der Waals surface area contributed by atoms with Gasteiger partial charge in [0.25, 0.3) is 0 Å². The van der Waals surface area contributed by atoms with Crippen LogP contribution in [0, 0.1) is 46.2 Å². The number of rotatable bonds is 1. The van der Waals surface area contributed by atoms with Crippen LogP contribution in [0.4, 0.5) is 4.39 Å². The van der Waals surface area contributed by atoms with Crippen molar-refractivity contribution in [1.29, 1.82) is 5.26 Å². The largest absolute Gasteiger partial charge is 0.421 e. The molecular weight excluding hydrogens is 429 g/mol. The SMILES string of the molecule is C[C@]12CCC(=O)C[C@@H]1CC[C@@H]1[C@@H]2CC[C@]2(C)c3c(c(-c4ccc(F)cc4)oc(=O)c3C#N)C[C@@H]12. The average molecular weight is 460 g/mol. The zero-order valence-electron chi connectivity index (χ0n) is 19.8. The summed E-state index contributed by atoms with van der Waals surface area (Å²) in [5.74, 6) is 2.46. The Hall–Kier alpha value is -2.74. The second-order valence-electron chi connectivity index (χ2n) is 11.6. The normalized spacial score (nSPS) is 36.1. The third kappa shape index (κ3) is 2.87. The van der Waals surface area contributed by atoms with Gasteiger partial charge in [-0.1, -0.05) is 13.8 Å². The first-order valence-corrected chi connectivity index (χ1v) is 12.6. The Labute approximate surface area is 199 Å². The summed E-state index contributed by atoms with van der Waals surface area (Å²) in [6, 6.07) is 8.23. The molecule has 1 aromatic carbocycles. The lowest BCUT2D eigenvalue weighted by molar-refractivity contribution is -0.135. The van der Waals surface area contributed by atoms with Crippen LogP contribution in [-0.2, 0) is 16.6 Å². The lowest BCUT2D eigenvalue weighted by Crippen LogP contribution is -2.54. The van der Waals surface area contributed by atoms with Crippen molar-refractivity contribution >= 4 is 5.78 Å². The van der Waals surface area contributed by atoms with Gasteiger partial charge in [0, 0.05) is 24.0 Å². The number of carbonyl (C=O) groups excluding carboxylic acids is 1. The predicted molar refractivity (Wildman–Crippen MR) is 126 cm³/mol. The molecule has 0 amide bonds. The van der Waals surface area contributed by atoms with Crippen LogP contribution in [0.25, 0.3) is 11.3 Å². The molecule has 4 aliphatic rings. The van der Waals surface area contributed by atoms with Crippen molar-refractivity contribution in [1.82, 2.24) is 0 Å². The molecule has 5 heteroatoms. The molecule has 176 valence electrons. The summed E-state index contributed by atoms with van der Waals surface area (Å²) in [5, 5.41) is 9.95. The van der Waals surface area contributed by atoms with Crippen LogP contribution in [0.2, 0.25) is 0 Å². The Morgan fingerprint density at radius 2 is 1.79 bits per heavy atom. The van der Waals surface area contributed by atoms with Crippen LogP contribution in [0.1, 0.15) is 75.5 Å². The van der Waals surface area contributed by atoms with E-state index < -0.39 is 5.63 Å². The minimum absolute atomic E-state index is 0.146. The molecule has 0 saturated heterocycles. The van der Waals surface area contributed by atoms with E-state index in [-0.39, 0.29) is 22.2 Å². The number of nitriles is 1. The number of benzene rings is 1. The van der Waals surface area contributed by atoms with Crippen molar-refractivity contribution in [3.63, 3.8) is 0 Å². The Morgan fingerprint density at radius 3 is 2.53 bits per heavy atom. The molecule has 6 atom stereocenters. The van der Waals surface area contributed by atoms with Crippen molar-refractivity contribution < 1.29 is 13.6 Å². The Kier molecular flexibility index (Phi) is 4.72. The van der Waals surface area contributed by atoms with Gasteiger partial charge in [0.2, 0.25) is 0 Å². The van der Waals surface area contributed by atoms with Crippen molar-refractivity contribution in [2.45, 2.75) is 70.6 Å². The first-order chi connectivity index (χ1) is 16.3. The first kappa shape index (κ1) is 21.8. The van der Waals surface area contributed by atoms with Gasteiger partial charge in [-0.3, -0.25) is 4.79 Å². The number of Topliss-reactive ketones (excluding diaryl/α,β-unsaturated/α-hetero) is 1. The number of nitrogens with zero attached hydrogens (tertiary/aromatic N) is 1. The molecule has 0 spiro atoms. The van der Waals surface area contributed by atoms with Crippen LogP contribution in [0.5, 0.6) is 0 Å². The maximum Gasteiger partial charge on any atom is 0.354 e. The number of ketones is 1. The molecule has 3 saturated carbocycles. The molecule has 0 bridgehead atoms. The highest BCUT2D eigenvalue weighted by Crippen LogP contribution is 2.66. The van der Waals surface area contributed by atoms with Gasteiger partial charge in [0.05, 0.1) is 0 Å². The molecule has 1 aromatic heterocycles. The summed E-state index contributed by atoms with van der Waals surface area (Å²) in [5.41, 5.74) is 2.01. The molecule has 1 heterocycles. The summed E-state index contributed by atoms with van der Waals surface area (Å²) < 4.78 is 19.3. The van der Waals surface area contributed by atoms with Gasteiger partial charge in [-0.05, 0) is 103 Å². The average Bonchev–Trinajstić information content (AvgIpc) is 3.13. The smallest absolute Gasteiger partial charge is 0.354 e. The fourth-order valence-electron chi connectivity index (χ4n) is 8.61. The van der Waals surface area contributed by atoms with Crippen molar-refractivity contribution in [3.05, 3.63) is 57.2 Å². The Morgan fingerprint density at radius 1 is 1.03 bits per heavy atom. The lowest BCUT2D eigenvalue weighted by Gasteiger charge is -2.59. The fraction of sp³-hybridized carbons (Fsp3) is 0.552. The van der Waals surface area contributed by atoms with E-state index in [2.05, 4.69) is 19.9 Å². The maximum atomic E-state index is 13.6. The standard InChI is InChI=1S/C29H30FNO3/c1-28-11-9-19(32)13-17(28)5-8-20-23(28)10-12-29(2)24(20)14-21-25(29)22(15-31)27(33)34-26(21)16-3-6-18(30)7-4-16/h3-4,6-7,17,20,23-24H,5,8-14H2,1-2H3/t17-,20+,23-,24-,28-,29-/m0/s1. The first-order valence-electron chi connectivity index (χ1n) is 12.6. The minimum atomic E-state index is -0.592. The zero-order chi connectivity index (χ0) is 23.8. The van der Waals surface area contributed by atoms with E-state index in [0.717, 1.165) is 56.1 Å². The highest BCUT2D eigenvalue weighted by molar-refractivity contribution is 5.79. The molecule has 0 unspecified atom stereocenters. The van der Waals surface area contributed by atoms with Gasteiger partial charge < -0.3 is 4.42 Å². The summed E-state index contributed by atoms with van der Waals surface area (Å²) in [6.45, 7) is 4.66. The number of carbonyl (C=O) groups is 1. The Balaban J connectivity index is 1.47. The molecule has 0 aliphatic heterocycles. The number of hydrogen-bond donors (Lipinski definition) is 0. The summed E-state index contributed by atoms with van der Waals surface area (Å²) in [4.78, 5) is 25.1. The van der Waals surface area contributed by atoms with Crippen LogP contribution in [-0.4, -0.2) is 5.78 Å². The van der Waals surface area contributed by atoms with E-state index in [9.17, 15) is 19.2 Å². The predicted octanol–water partition coefficient (Wildman–Crippen LogP) is 5.94. The molecule has 4 aliphatic carbocycles. The van der Waals surface area contributed by atoms with Crippen LogP contribution >= 0.6 is 0 Å². The van der Waals surface area contributed by atoms with Crippen LogP contribution < -0.4 is 5.63 Å². The number of hydrogen-bond acceptors (Lipinski definition) is 4. The molecule has 34 heavy (non-hydrogen) atoms. The van der Waals surface area contributed by atoms with Gasteiger partial charge in [-0.2, -0.15) is 5.26 Å². The highest BCUT2D eigenvalue weighted by Gasteiger charge is 2.60. The molecular formula is C29H30FNO3. The zero-order valence-corrected chi connectivity index (χ0v) is 19.8. The lowest BCUT2D eigenvalue weighted by atomic mass is 9.45.